The number of carboxylic acid groups (broad SMARTS) is 1. The summed E-state index contributed by atoms with van der Waals surface area (Å²) in [6, 6.07) is 4.06. The Balaban J connectivity index is 2.44. The summed E-state index contributed by atoms with van der Waals surface area (Å²) in [5.41, 5.74) is 0.202. The lowest BCUT2D eigenvalue weighted by Crippen LogP contribution is -1.98. The monoisotopic (exact) mass is 281 g/mol. The largest absolute Gasteiger partial charge is 0.476 e. The number of nitrogens with zero attached hydrogens (tertiary/aromatic N) is 1. The molecule has 0 aliphatic heterocycles. The van der Waals surface area contributed by atoms with Gasteiger partial charge in [0.25, 0.3) is 0 Å². The Morgan fingerprint density at radius 1 is 1.33 bits per heavy atom. The van der Waals surface area contributed by atoms with Crippen LogP contribution in [0, 0.1) is 0 Å². The third-order valence-electron chi connectivity index (χ3n) is 2.57. The maximum atomic E-state index is 11.2. The highest BCUT2D eigenvalue weighted by atomic mass is 32.1. The number of carboxylic acids is 1. The molecule has 0 amide bonds. The van der Waals surface area contributed by atoms with Crippen molar-refractivity contribution in [1.29, 1.82) is 0 Å². The Kier molecular flexibility index (Phi) is 4.14. The lowest BCUT2D eigenvalue weighted by atomic mass is 10.3. The third-order valence-corrected chi connectivity index (χ3v) is 5.10. The summed E-state index contributed by atoms with van der Waals surface area (Å²) in [7, 11) is 0. The minimum atomic E-state index is -0.935. The van der Waals surface area contributed by atoms with Crippen LogP contribution in [0.4, 0.5) is 0 Å². The zero-order chi connectivity index (χ0) is 13.1. The van der Waals surface area contributed by atoms with Crippen LogP contribution in [0.5, 0.6) is 0 Å². The fourth-order valence-electron chi connectivity index (χ4n) is 1.69. The van der Waals surface area contributed by atoms with Crippen molar-refractivity contribution in [2.24, 2.45) is 0 Å². The van der Waals surface area contributed by atoms with E-state index in [0.29, 0.717) is 0 Å². The van der Waals surface area contributed by atoms with Crippen LogP contribution in [0.1, 0.15) is 40.6 Å². The summed E-state index contributed by atoms with van der Waals surface area (Å²) in [4.78, 5) is 18.6. The molecule has 0 spiro atoms. The van der Waals surface area contributed by atoms with Crippen molar-refractivity contribution in [3.8, 4) is 9.75 Å². The van der Waals surface area contributed by atoms with Crippen molar-refractivity contribution in [3.05, 3.63) is 27.7 Å². The zero-order valence-electron chi connectivity index (χ0n) is 10.4. The second-order valence-corrected chi connectivity index (χ2v) is 6.21. The molecule has 5 heteroatoms. The number of hydrogen-bond acceptors (Lipinski definition) is 4. The molecule has 0 fully saturated rings. The first kappa shape index (κ1) is 13.2. The molecule has 2 heterocycles. The van der Waals surface area contributed by atoms with Crippen LogP contribution in [-0.2, 0) is 12.8 Å². The molecule has 0 bridgehead atoms. The van der Waals surface area contributed by atoms with Gasteiger partial charge in [-0.1, -0.05) is 13.8 Å². The van der Waals surface area contributed by atoms with Gasteiger partial charge in [-0.3, -0.25) is 0 Å². The predicted octanol–water partition coefficient (Wildman–Crippen LogP) is 4.08. The second kappa shape index (κ2) is 5.63. The average molecular weight is 281 g/mol. The minimum Gasteiger partial charge on any atom is -0.476 e. The van der Waals surface area contributed by atoms with E-state index < -0.39 is 5.97 Å². The summed E-state index contributed by atoms with van der Waals surface area (Å²) < 4.78 is 0. The number of thiophene rings is 1. The van der Waals surface area contributed by atoms with E-state index in [1.807, 2.05) is 6.07 Å². The van der Waals surface area contributed by atoms with Gasteiger partial charge in [-0.25, -0.2) is 9.78 Å². The highest BCUT2D eigenvalue weighted by Crippen LogP contribution is 2.36. The first-order valence-corrected chi connectivity index (χ1v) is 7.61. The van der Waals surface area contributed by atoms with Crippen LogP contribution in [0.15, 0.2) is 12.1 Å². The first-order valence-electron chi connectivity index (χ1n) is 5.97. The highest BCUT2D eigenvalue weighted by Gasteiger charge is 2.19. The number of carbonyl (C=O) groups is 1. The summed E-state index contributed by atoms with van der Waals surface area (Å²) in [5, 5.41) is 10.1. The Bertz CT molecular complexity index is 557. The molecule has 0 aliphatic rings. The molecule has 0 atom stereocenters. The van der Waals surface area contributed by atoms with Gasteiger partial charge >= 0.3 is 5.97 Å². The van der Waals surface area contributed by atoms with Crippen LogP contribution in [0.3, 0.4) is 0 Å². The van der Waals surface area contributed by atoms with Crippen molar-refractivity contribution in [1.82, 2.24) is 4.98 Å². The van der Waals surface area contributed by atoms with E-state index in [1.54, 1.807) is 11.3 Å². The van der Waals surface area contributed by atoms with Crippen molar-refractivity contribution >= 4 is 28.6 Å². The van der Waals surface area contributed by atoms with Crippen molar-refractivity contribution in [2.75, 3.05) is 0 Å². The Labute approximate surface area is 114 Å². The van der Waals surface area contributed by atoms with Gasteiger partial charge in [0.1, 0.15) is 0 Å². The molecule has 2 rings (SSSR count). The van der Waals surface area contributed by atoms with Gasteiger partial charge in [0.05, 0.1) is 9.88 Å². The number of aromatic nitrogens is 1. The van der Waals surface area contributed by atoms with E-state index in [-0.39, 0.29) is 5.69 Å². The average Bonchev–Trinajstić information content (AvgIpc) is 2.94. The first-order chi connectivity index (χ1) is 8.65. The molecule has 0 aliphatic carbocycles. The quantitative estimate of drug-likeness (QED) is 0.898. The number of hydrogen-bond donors (Lipinski definition) is 1. The predicted molar refractivity (Wildman–Crippen MR) is 75.8 cm³/mol. The molecule has 1 N–H and O–H groups in total. The van der Waals surface area contributed by atoms with Gasteiger partial charge in [0.2, 0.25) is 0 Å². The van der Waals surface area contributed by atoms with Gasteiger partial charge in [0, 0.05) is 9.75 Å². The van der Waals surface area contributed by atoms with Crippen LogP contribution in [0.2, 0.25) is 0 Å². The zero-order valence-corrected chi connectivity index (χ0v) is 12.0. The molecule has 0 saturated heterocycles. The number of rotatable bonds is 5. The van der Waals surface area contributed by atoms with E-state index in [9.17, 15) is 9.90 Å². The van der Waals surface area contributed by atoms with Crippen LogP contribution in [-0.4, -0.2) is 16.1 Å². The van der Waals surface area contributed by atoms with Crippen molar-refractivity contribution < 1.29 is 9.90 Å². The molecule has 0 unspecified atom stereocenters. The molecule has 3 nitrogen and oxygen atoms in total. The summed E-state index contributed by atoms with van der Waals surface area (Å²) in [5.74, 6) is -0.935. The third kappa shape index (κ3) is 2.62. The maximum Gasteiger partial charge on any atom is 0.356 e. The summed E-state index contributed by atoms with van der Waals surface area (Å²) >= 11 is 3.16. The standard InChI is InChI=1S/C13H15NO2S2/c1-3-5-10-14-11(13(15)16)12(18-10)9-7-6-8(4-2)17-9/h6-7H,3-5H2,1-2H3,(H,15,16). The Morgan fingerprint density at radius 2 is 2.11 bits per heavy atom. The number of thiazole rings is 1. The van der Waals surface area contributed by atoms with Crippen molar-refractivity contribution in [2.45, 2.75) is 33.1 Å². The minimum absolute atomic E-state index is 0.202. The van der Waals surface area contributed by atoms with E-state index in [1.165, 1.54) is 16.2 Å². The Morgan fingerprint density at radius 3 is 2.67 bits per heavy atom. The fraction of sp³-hybridized carbons (Fsp3) is 0.385. The van der Waals surface area contributed by atoms with Gasteiger partial charge in [-0.05, 0) is 31.4 Å². The molecule has 2 aromatic rings. The van der Waals surface area contributed by atoms with Gasteiger partial charge in [-0.2, -0.15) is 0 Å². The second-order valence-electron chi connectivity index (χ2n) is 3.96. The number of aromatic carboxylic acids is 1. The highest BCUT2D eigenvalue weighted by molar-refractivity contribution is 7.22. The van der Waals surface area contributed by atoms with Crippen LogP contribution >= 0.6 is 22.7 Å². The summed E-state index contributed by atoms with van der Waals surface area (Å²) in [6.07, 6.45) is 2.81. The molecular weight excluding hydrogens is 266 g/mol. The Hall–Kier alpha value is -1.20. The van der Waals surface area contributed by atoms with E-state index >= 15 is 0 Å². The molecule has 0 saturated carbocycles. The normalized spacial score (nSPS) is 10.8. The smallest absolute Gasteiger partial charge is 0.356 e. The van der Waals surface area contributed by atoms with Gasteiger partial charge < -0.3 is 5.11 Å². The lowest BCUT2D eigenvalue weighted by Gasteiger charge is -1.93. The molecule has 96 valence electrons. The lowest BCUT2D eigenvalue weighted by molar-refractivity contribution is 0.0692. The molecule has 0 aromatic carbocycles. The maximum absolute atomic E-state index is 11.2. The van der Waals surface area contributed by atoms with Gasteiger partial charge in [0.15, 0.2) is 5.69 Å². The van der Waals surface area contributed by atoms with Crippen LogP contribution in [0.25, 0.3) is 9.75 Å². The molecule has 0 radical (unpaired) electrons. The summed E-state index contributed by atoms with van der Waals surface area (Å²) in [6.45, 7) is 4.17. The van der Waals surface area contributed by atoms with E-state index in [0.717, 1.165) is 34.0 Å². The molecule has 18 heavy (non-hydrogen) atoms. The topological polar surface area (TPSA) is 50.2 Å². The van der Waals surface area contributed by atoms with Crippen molar-refractivity contribution in [3.63, 3.8) is 0 Å². The SMILES string of the molecule is CCCc1nc(C(=O)O)c(-c2ccc(CC)s2)s1. The van der Waals surface area contributed by atoms with Crippen LogP contribution < -0.4 is 0 Å². The van der Waals surface area contributed by atoms with E-state index in [2.05, 4.69) is 24.9 Å². The van der Waals surface area contributed by atoms with Gasteiger partial charge in [-0.15, -0.1) is 22.7 Å². The molecular formula is C13H15NO2S2. The molecule has 2 aromatic heterocycles. The number of aryl methyl sites for hydroxylation is 2. The fourth-order valence-corrected chi connectivity index (χ4v) is 3.90. The van der Waals surface area contributed by atoms with E-state index in [4.69, 9.17) is 0 Å².